The lowest BCUT2D eigenvalue weighted by Crippen LogP contribution is -2.28. The number of fused-ring (bicyclic) bond motifs is 1. The number of ether oxygens (including phenoxy) is 1. The molecule has 0 aromatic heterocycles. The zero-order valence-corrected chi connectivity index (χ0v) is 23.9. The van der Waals surface area contributed by atoms with E-state index in [1.165, 1.54) is 6.07 Å². The lowest BCUT2D eigenvalue weighted by molar-refractivity contribution is -0.123. The highest BCUT2D eigenvalue weighted by atomic mass is 35.5. The molecule has 0 aliphatic heterocycles. The minimum absolute atomic E-state index is 0.130. The van der Waals surface area contributed by atoms with Gasteiger partial charge < -0.3 is 24.4 Å². The summed E-state index contributed by atoms with van der Waals surface area (Å²) in [5.41, 5.74) is 1.33. The van der Waals surface area contributed by atoms with E-state index in [1.54, 1.807) is 60.7 Å². The number of benzene rings is 4. The predicted molar refractivity (Wildman–Crippen MR) is 152 cm³/mol. The molecule has 0 unspecified atom stereocenters. The van der Waals surface area contributed by atoms with Gasteiger partial charge in [-0.2, -0.15) is 0 Å². The molecule has 13 nitrogen and oxygen atoms in total. The van der Waals surface area contributed by atoms with Gasteiger partial charge in [-0.3, -0.25) is 29.2 Å². The molecule has 4 aromatic rings. The summed E-state index contributed by atoms with van der Waals surface area (Å²) in [7, 11) is -10.1. The third-order valence-corrected chi connectivity index (χ3v) is 6.60. The van der Waals surface area contributed by atoms with Crippen molar-refractivity contribution in [3.63, 3.8) is 0 Å². The Hall–Kier alpha value is -3.93. The van der Waals surface area contributed by atoms with Gasteiger partial charge in [-0.1, -0.05) is 29.8 Å². The minimum Gasteiger partial charge on any atom is -0.484 e. The third kappa shape index (κ3) is 9.30. The topological polar surface area (TPSA) is 201 Å². The quantitative estimate of drug-likeness (QED) is 0.128. The summed E-state index contributed by atoms with van der Waals surface area (Å²) >= 11 is 5.87. The predicted octanol–water partition coefficient (Wildman–Crippen LogP) is 4.38. The van der Waals surface area contributed by atoms with E-state index in [-0.39, 0.29) is 24.6 Å². The molecule has 220 valence electrons. The van der Waals surface area contributed by atoms with Crippen LogP contribution in [0.15, 0.2) is 78.9 Å². The molecule has 0 saturated heterocycles. The summed E-state index contributed by atoms with van der Waals surface area (Å²) in [6, 6.07) is 20.3. The van der Waals surface area contributed by atoms with Gasteiger partial charge in [0.05, 0.1) is 0 Å². The van der Waals surface area contributed by atoms with E-state index in [2.05, 4.69) is 19.7 Å². The Morgan fingerprint density at radius 2 is 1.40 bits per heavy atom. The van der Waals surface area contributed by atoms with Crippen LogP contribution in [0.1, 0.15) is 15.9 Å². The number of anilines is 1. The second-order valence-electron chi connectivity index (χ2n) is 8.69. The van der Waals surface area contributed by atoms with Crippen molar-refractivity contribution < 1.29 is 52.1 Å². The lowest BCUT2D eigenvalue weighted by atomic mass is 10.1. The number of carbonyl (C=O) groups is 2. The van der Waals surface area contributed by atoms with Crippen LogP contribution in [0.2, 0.25) is 5.02 Å². The lowest BCUT2D eigenvalue weighted by Gasteiger charge is -2.15. The number of rotatable bonds is 11. The molecule has 6 N–H and O–H groups in total. The van der Waals surface area contributed by atoms with Crippen molar-refractivity contribution in [2.24, 2.45) is 0 Å². The summed E-state index contributed by atoms with van der Waals surface area (Å²) in [5.74, 6) is -1.66. The first-order valence-electron chi connectivity index (χ1n) is 11.9. The normalized spacial score (nSPS) is 11.5. The number of phosphoric ester groups is 2. The molecule has 0 radical (unpaired) electrons. The summed E-state index contributed by atoms with van der Waals surface area (Å²) in [4.78, 5) is 61.1. The largest absolute Gasteiger partial charge is 0.524 e. The Morgan fingerprint density at radius 1 is 0.762 bits per heavy atom. The Bertz CT molecular complexity index is 1720. The van der Waals surface area contributed by atoms with Crippen molar-refractivity contribution in [2.75, 3.05) is 11.9 Å². The average molecular weight is 637 g/mol. The van der Waals surface area contributed by atoms with Crippen molar-refractivity contribution in [3.8, 4) is 17.2 Å². The van der Waals surface area contributed by atoms with Crippen LogP contribution < -0.4 is 24.4 Å². The highest BCUT2D eigenvalue weighted by molar-refractivity contribution is 7.47. The van der Waals surface area contributed by atoms with Crippen molar-refractivity contribution in [2.45, 2.75) is 6.54 Å². The van der Waals surface area contributed by atoms with Crippen LogP contribution in [0.3, 0.4) is 0 Å². The van der Waals surface area contributed by atoms with Gasteiger partial charge in [-0.25, -0.2) is 9.13 Å². The molecule has 0 aliphatic carbocycles. The van der Waals surface area contributed by atoms with Gasteiger partial charge in [0.2, 0.25) is 0 Å². The van der Waals surface area contributed by atoms with Crippen LogP contribution in [0.4, 0.5) is 5.69 Å². The van der Waals surface area contributed by atoms with Gasteiger partial charge in [-0.15, -0.1) is 0 Å². The van der Waals surface area contributed by atoms with Crippen LogP contribution in [-0.4, -0.2) is 38.0 Å². The molecule has 0 saturated carbocycles. The van der Waals surface area contributed by atoms with Crippen LogP contribution in [0.25, 0.3) is 10.8 Å². The molecule has 0 bridgehead atoms. The van der Waals surface area contributed by atoms with Crippen molar-refractivity contribution in [1.82, 2.24) is 5.32 Å². The molecule has 2 amide bonds. The molecule has 4 aromatic carbocycles. The third-order valence-electron chi connectivity index (χ3n) is 5.48. The Kier molecular flexibility index (Phi) is 9.55. The number of phosphoric acid groups is 2. The van der Waals surface area contributed by atoms with Crippen LogP contribution >= 0.6 is 27.2 Å². The van der Waals surface area contributed by atoms with Gasteiger partial charge >= 0.3 is 15.6 Å². The Morgan fingerprint density at radius 3 is 2.10 bits per heavy atom. The fourth-order valence-corrected chi connectivity index (χ4v) is 4.59. The number of amides is 2. The Labute approximate surface area is 243 Å². The zero-order valence-electron chi connectivity index (χ0n) is 21.3. The standard InChI is InChI=1S/C26H23ClN2O11P2/c27-20-5-7-21(8-6-20)29-26(31)19-3-2-18-13-22(9-4-17(18)12-19)38-15-25(30)28-14-16-1-10-23(39-41(32,33)34)24(11-16)40-42(35,36)37/h1-13H,14-15H2,(H,28,30)(H,29,31)(H2,32,33,34)(H2,35,36,37). The first-order valence-corrected chi connectivity index (χ1v) is 15.3. The number of hydrogen-bond donors (Lipinski definition) is 6. The number of nitrogens with one attached hydrogen (secondary N) is 2. The molecule has 0 aliphatic rings. The first kappa shape index (κ1) is 31.0. The van der Waals surface area contributed by atoms with Crippen molar-refractivity contribution in [3.05, 3.63) is 95.0 Å². The smallest absolute Gasteiger partial charge is 0.484 e. The Balaban J connectivity index is 1.34. The van der Waals surface area contributed by atoms with E-state index in [0.717, 1.165) is 22.9 Å². The summed E-state index contributed by atoms with van der Waals surface area (Å²) in [5, 5.41) is 7.44. The summed E-state index contributed by atoms with van der Waals surface area (Å²) < 4.78 is 36.8. The summed E-state index contributed by atoms with van der Waals surface area (Å²) in [6.45, 7) is -0.493. The van der Waals surface area contributed by atoms with Crippen LogP contribution in [0.5, 0.6) is 17.2 Å². The average Bonchev–Trinajstić information content (AvgIpc) is 2.91. The van der Waals surface area contributed by atoms with E-state index in [4.69, 9.17) is 35.9 Å². The second kappa shape index (κ2) is 12.9. The first-order chi connectivity index (χ1) is 19.7. The molecule has 0 atom stereocenters. The van der Waals surface area contributed by atoms with E-state index in [9.17, 15) is 18.7 Å². The maximum Gasteiger partial charge on any atom is 0.524 e. The van der Waals surface area contributed by atoms with Gasteiger partial charge in [0.25, 0.3) is 11.8 Å². The van der Waals surface area contributed by atoms with E-state index in [0.29, 0.717) is 22.0 Å². The maximum absolute atomic E-state index is 12.6. The molecule has 0 heterocycles. The highest BCUT2D eigenvalue weighted by Crippen LogP contribution is 2.47. The van der Waals surface area contributed by atoms with Gasteiger partial charge in [0.15, 0.2) is 18.1 Å². The van der Waals surface area contributed by atoms with Gasteiger partial charge in [0.1, 0.15) is 5.75 Å². The molecule has 16 heteroatoms. The molecule has 0 spiro atoms. The summed E-state index contributed by atoms with van der Waals surface area (Å²) in [6.07, 6.45) is 0. The molecule has 0 fully saturated rings. The molecule has 42 heavy (non-hydrogen) atoms. The number of halogens is 1. The molecular formula is C26H23ClN2O11P2. The molecule has 4 rings (SSSR count). The van der Waals surface area contributed by atoms with Gasteiger partial charge in [0, 0.05) is 22.8 Å². The van der Waals surface area contributed by atoms with E-state index in [1.807, 2.05) is 0 Å². The highest BCUT2D eigenvalue weighted by Gasteiger charge is 2.24. The SMILES string of the molecule is O=C(COc1ccc2cc(C(=O)Nc3ccc(Cl)cc3)ccc2c1)NCc1ccc(OP(=O)(O)O)c(OP(=O)(O)O)c1. The van der Waals surface area contributed by atoms with Crippen molar-refractivity contribution >= 4 is 55.5 Å². The second-order valence-corrected chi connectivity index (χ2v) is 11.5. The number of carbonyl (C=O) groups excluding carboxylic acids is 2. The number of hydrogen-bond acceptors (Lipinski definition) is 7. The fourth-order valence-electron chi connectivity index (χ4n) is 3.66. The zero-order chi connectivity index (χ0) is 30.5. The molecular weight excluding hydrogens is 614 g/mol. The fraction of sp³-hybridized carbons (Fsp3) is 0.0769. The van der Waals surface area contributed by atoms with Gasteiger partial charge in [-0.05, 0) is 77.0 Å². The van der Waals surface area contributed by atoms with Crippen LogP contribution in [0, 0.1) is 0 Å². The van der Waals surface area contributed by atoms with E-state index < -0.39 is 33.1 Å². The monoisotopic (exact) mass is 636 g/mol. The van der Waals surface area contributed by atoms with Crippen LogP contribution in [-0.2, 0) is 20.5 Å². The van der Waals surface area contributed by atoms with E-state index >= 15 is 0 Å². The maximum atomic E-state index is 12.6. The minimum atomic E-state index is -5.09. The van der Waals surface area contributed by atoms with Crippen molar-refractivity contribution in [1.29, 1.82) is 0 Å².